The van der Waals surface area contributed by atoms with Crippen LogP contribution in [-0.4, -0.2) is 12.5 Å². The molecule has 0 saturated heterocycles. The van der Waals surface area contributed by atoms with Gasteiger partial charge in [-0.1, -0.05) is 27.5 Å². The lowest BCUT2D eigenvalue weighted by molar-refractivity contribution is -0.118. The highest BCUT2D eigenvalue weighted by Gasteiger charge is 2.10. The summed E-state index contributed by atoms with van der Waals surface area (Å²) in [4.78, 5) is 11.8. The van der Waals surface area contributed by atoms with E-state index < -0.39 is 0 Å². The van der Waals surface area contributed by atoms with Crippen molar-refractivity contribution in [1.82, 2.24) is 0 Å². The number of ether oxygens (including phenoxy) is 1. The summed E-state index contributed by atoms with van der Waals surface area (Å²) in [6, 6.07) is 9.04. The van der Waals surface area contributed by atoms with Crippen molar-refractivity contribution in [1.29, 1.82) is 0 Å². The van der Waals surface area contributed by atoms with Crippen molar-refractivity contribution in [3.8, 4) is 5.75 Å². The SMILES string of the molecule is Cc1cc(Br)cc(Cl)c1OCC(=O)Nc1ccc(F)cc1. The fourth-order valence-corrected chi connectivity index (χ4v) is 2.77. The summed E-state index contributed by atoms with van der Waals surface area (Å²) in [6.45, 7) is 1.66. The number of nitrogens with one attached hydrogen (secondary N) is 1. The molecule has 0 aliphatic carbocycles. The summed E-state index contributed by atoms with van der Waals surface area (Å²) in [5.41, 5.74) is 1.33. The molecule has 2 aromatic rings. The van der Waals surface area contributed by atoms with E-state index in [2.05, 4.69) is 21.2 Å². The summed E-state index contributed by atoms with van der Waals surface area (Å²) >= 11 is 9.39. The molecule has 0 atom stereocenters. The second-order valence-corrected chi connectivity index (χ2v) is 5.70. The number of anilines is 1. The molecule has 1 N–H and O–H groups in total. The normalized spacial score (nSPS) is 10.3. The number of hydrogen-bond acceptors (Lipinski definition) is 2. The van der Waals surface area contributed by atoms with E-state index in [9.17, 15) is 9.18 Å². The molecule has 0 radical (unpaired) electrons. The average molecular weight is 373 g/mol. The zero-order valence-corrected chi connectivity index (χ0v) is 13.5. The Morgan fingerprint density at radius 1 is 1.33 bits per heavy atom. The Balaban J connectivity index is 1.97. The summed E-state index contributed by atoms with van der Waals surface area (Å²) in [5, 5.41) is 3.03. The van der Waals surface area contributed by atoms with E-state index in [0.29, 0.717) is 16.5 Å². The lowest BCUT2D eigenvalue weighted by atomic mass is 10.2. The minimum absolute atomic E-state index is 0.181. The van der Waals surface area contributed by atoms with Crippen molar-refractivity contribution in [2.45, 2.75) is 6.92 Å². The van der Waals surface area contributed by atoms with Gasteiger partial charge in [-0.15, -0.1) is 0 Å². The molecule has 1 amide bonds. The van der Waals surface area contributed by atoms with Gasteiger partial charge in [-0.25, -0.2) is 4.39 Å². The van der Waals surface area contributed by atoms with Crippen molar-refractivity contribution in [3.05, 3.63) is 57.3 Å². The van der Waals surface area contributed by atoms with Gasteiger partial charge in [-0.05, 0) is 48.9 Å². The highest BCUT2D eigenvalue weighted by Crippen LogP contribution is 2.31. The standard InChI is InChI=1S/C15H12BrClFNO2/c1-9-6-10(16)7-13(17)15(9)21-8-14(20)19-12-4-2-11(18)3-5-12/h2-7H,8H2,1H3,(H,19,20). The quantitative estimate of drug-likeness (QED) is 0.854. The van der Waals surface area contributed by atoms with Gasteiger partial charge in [0.2, 0.25) is 0 Å². The van der Waals surface area contributed by atoms with E-state index in [1.165, 1.54) is 24.3 Å². The highest BCUT2D eigenvalue weighted by molar-refractivity contribution is 9.10. The molecule has 2 aromatic carbocycles. The Morgan fingerprint density at radius 3 is 2.62 bits per heavy atom. The average Bonchev–Trinajstić information content (AvgIpc) is 2.40. The van der Waals surface area contributed by atoms with E-state index in [1.807, 2.05) is 13.0 Å². The third kappa shape index (κ3) is 4.44. The number of amides is 1. The molecular formula is C15H12BrClFNO2. The number of halogens is 3. The first-order valence-electron chi connectivity index (χ1n) is 6.09. The van der Waals surface area contributed by atoms with Crippen LogP contribution in [-0.2, 0) is 4.79 Å². The van der Waals surface area contributed by atoms with Crippen LogP contribution in [0.2, 0.25) is 5.02 Å². The molecular weight excluding hydrogens is 361 g/mol. The molecule has 0 aliphatic heterocycles. The lowest BCUT2D eigenvalue weighted by Gasteiger charge is -2.11. The molecule has 110 valence electrons. The molecule has 0 aromatic heterocycles. The Labute approximate surface area is 135 Å². The first-order valence-corrected chi connectivity index (χ1v) is 7.26. The molecule has 0 aliphatic rings. The molecule has 2 rings (SSSR count). The van der Waals surface area contributed by atoms with Gasteiger partial charge in [0, 0.05) is 10.2 Å². The zero-order valence-electron chi connectivity index (χ0n) is 11.1. The zero-order chi connectivity index (χ0) is 15.4. The molecule has 21 heavy (non-hydrogen) atoms. The van der Waals surface area contributed by atoms with Crippen molar-refractivity contribution in [3.63, 3.8) is 0 Å². The summed E-state index contributed by atoms with van der Waals surface area (Å²) in [6.07, 6.45) is 0. The van der Waals surface area contributed by atoms with Crippen LogP contribution in [0.15, 0.2) is 40.9 Å². The summed E-state index contributed by atoms with van der Waals surface area (Å²) in [5.74, 6) is -0.240. The molecule has 0 heterocycles. The van der Waals surface area contributed by atoms with Crippen LogP contribution in [0.1, 0.15) is 5.56 Å². The van der Waals surface area contributed by atoms with E-state index in [4.69, 9.17) is 16.3 Å². The molecule has 0 saturated carbocycles. The van der Waals surface area contributed by atoms with Gasteiger partial charge < -0.3 is 10.1 Å². The molecule has 0 bridgehead atoms. The first-order chi connectivity index (χ1) is 9.95. The largest absolute Gasteiger partial charge is 0.482 e. The van der Waals surface area contributed by atoms with Gasteiger partial charge in [-0.2, -0.15) is 0 Å². The third-order valence-electron chi connectivity index (χ3n) is 2.67. The number of hydrogen-bond donors (Lipinski definition) is 1. The van der Waals surface area contributed by atoms with Crippen molar-refractivity contribution < 1.29 is 13.9 Å². The lowest BCUT2D eigenvalue weighted by Crippen LogP contribution is -2.20. The maximum absolute atomic E-state index is 12.8. The van der Waals surface area contributed by atoms with Crippen LogP contribution in [0.3, 0.4) is 0 Å². The van der Waals surface area contributed by atoms with Gasteiger partial charge in [0.15, 0.2) is 6.61 Å². The number of rotatable bonds is 4. The highest BCUT2D eigenvalue weighted by atomic mass is 79.9. The summed E-state index contributed by atoms with van der Waals surface area (Å²) < 4.78 is 19.0. The van der Waals surface area contributed by atoms with E-state index in [-0.39, 0.29) is 18.3 Å². The minimum atomic E-state index is -0.360. The van der Waals surface area contributed by atoms with Gasteiger partial charge in [0.1, 0.15) is 11.6 Å². The van der Waals surface area contributed by atoms with Crippen molar-refractivity contribution >= 4 is 39.1 Å². The van der Waals surface area contributed by atoms with E-state index in [1.54, 1.807) is 6.07 Å². The number of benzene rings is 2. The molecule has 0 fully saturated rings. The van der Waals surface area contributed by atoms with Crippen molar-refractivity contribution in [2.75, 3.05) is 11.9 Å². The number of carbonyl (C=O) groups excluding carboxylic acids is 1. The molecule has 6 heteroatoms. The maximum Gasteiger partial charge on any atom is 0.262 e. The Morgan fingerprint density at radius 2 is 2.00 bits per heavy atom. The minimum Gasteiger partial charge on any atom is -0.482 e. The van der Waals surface area contributed by atoms with Gasteiger partial charge >= 0.3 is 0 Å². The van der Waals surface area contributed by atoms with Crippen LogP contribution in [0.25, 0.3) is 0 Å². The van der Waals surface area contributed by atoms with Crippen LogP contribution >= 0.6 is 27.5 Å². The number of carbonyl (C=O) groups is 1. The first kappa shape index (κ1) is 15.8. The van der Waals surface area contributed by atoms with Crippen LogP contribution in [0.4, 0.5) is 10.1 Å². The van der Waals surface area contributed by atoms with Gasteiger partial charge in [-0.3, -0.25) is 4.79 Å². The predicted octanol–water partition coefficient (Wildman–Crippen LogP) is 4.57. The smallest absolute Gasteiger partial charge is 0.262 e. The topological polar surface area (TPSA) is 38.3 Å². The summed E-state index contributed by atoms with van der Waals surface area (Å²) in [7, 11) is 0. The molecule has 0 spiro atoms. The van der Waals surface area contributed by atoms with E-state index >= 15 is 0 Å². The third-order valence-corrected chi connectivity index (χ3v) is 3.41. The van der Waals surface area contributed by atoms with Crippen LogP contribution in [0.5, 0.6) is 5.75 Å². The Kier molecular flexibility index (Phi) is 5.20. The molecule has 3 nitrogen and oxygen atoms in total. The number of aryl methyl sites for hydroxylation is 1. The van der Waals surface area contributed by atoms with Gasteiger partial charge in [0.05, 0.1) is 5.02 Å². The van der Waals surface area contributed by atoms with Crippen LogP contribution < -0.4 is 10.1 Å². The molecule has 0 unspecified atom stereocenters. The Hall–Kier alpha value is -1.59. The fourth-order valence-electron chi connectivity index (χ4n) is 1.74. The maximum atomic E-state index is 12.8. The fraction of sp³-hybridized carbons (Fsp3) is 0.133. The monoisotopic (exact) mass is 371 g/mol. The van der Waals surface area contributed by atoms with Crippen LogP contribution in [0, 0.1) is 12.7 Å². The van der Waals surface area contributed by atoms with Gasteiger partial charge in [0.25, 0.3) is 5.91 Å². The second-order valence-electron chi connectivity index (χ2n) is 4.38. The predicted molar refractivity (Wildman–Crippen MR) is 84.4 cm³/mol. The van der Waals surface area contributed by atoms with E-state index in [0.717, 1.165) is 10.0 Å². The second kappa shape index (κ2) is 6.91. The Bertz CT molecular complexity index is 638. The van der Waals surface area contributed by atoms with Crippen molar-refractivity contribution in [2.24, 2.45) is 0 Å².